The Kier molecular flexibility index (Phi) is 4.19. The third kappa shape index (κ3) is 3.46. The van der Waals surface area contributed by atoms with E-state index in [0.29, 0.717) is 11.8 Å². The molecule has 0 heterocycles. The molecular weight excluding hydrogens is 188 g/mol. The maximum atomic E-state index is 10.1. The van der Waals surface area contributed by atoms with E-state index >= 15 is 0 Å². The van der Waals surface area contributed by atoms with Gasteiger partial charge in [0.2, 0.25) is 0 Å². The molecule has 1 saturated carbocycles. The van der Waals surface area contributed by atoms with Gasteiger partial charge in [-0.05, 0) is 49.9 Å². The summed E-state index contributed by atoms with van der Waals surface area (Å²) in [5, 5.41) is 19.6. The van der Waals surface area contributed by atoms with Crippen LogP contribution in [0.3, 0.4) is 0 Å². The van der Waals surface area contributed by atoms with Gasteiger partial charge in [0.05, 0.1) is 12.2 Å². The minimum atomic E-state index is -0.252. The highest BCUT2D eigenvalue weighted by Gasteiger charge is 2.38. The van der Waals surface area contributed by atoms with Crippen LogP contribution < -0.4 is 0 Å². The zero-order chi connectivity index (χ0) is 11.6. The van der Waals surface area contributed by atoms with Crippen molar-refractivity contribution in [3.8, 4) is 0 Å². The smallest absolute Gasteiger partial charge is 0.0576 e. The first-order valence-corrected chi connectivity index (χ1v) is 6.20. The predicted octanol–water partition coefficient (Wildman–Crippen LogP) is 2.58. The Morgan fingerprint density at radius 1 is 1.33 bits per heavy atom. The molecule has 0 bridgehead atoms. The summed E-state index contributed by atoms with van der Waals surface area (Å²) in [4.78, 5) is 0. The highest BCUT2D eigenvalue weighted by atomic mass is 16.3. The lowest BCUT2D eigenvalue weighted by Crippen LogP contribution is -2.39. The van der Waals surface area contributed by atoms with Crippen molar-refractivity contribution < 1.29 is 10.2 Å². The van der Waals surface area contributed by atoms with E-state index < -0.39 is 0 Å². The van der Waals surface area contributed by atoms with E-state index in [1.807, 2.05) is 6.92 Å². The third-order valence-corrected chi connectivity index (χ3v) is 3.92. The van der Waals surface area contributed by atoms with Crippen molar-refractivity contribution in [1.82, 2.24) is 0 Å². The Hall–Kier alpha value is -0.0800. The average molecular weight is 214 g/mol. The average Bonchev–Trinajstić information content (AvgIpc) is 1.99. The second-order valence-electron chi connectivity index (χ2n) is 6.08. The van der Waals surface area contributed by atoms with Gasteiger partial charge < -0.3 is 10.2 Å². The number of rotatable bonds is 3. The molecular formula is C13H26O2. The molecule has 0 amide bonds. The highest BCUT2D eigenvalue weighted by Crippen LogP contribution is 2.44. The Bertz CT molecular complexity index is 201. The van der Waals surface area contributed by atoms with E-state index in [-0.39, 0.29) is 17.6 Å². The summed E-state index contributed by atoms with van der Waals surface area (Å²) in [5.41, 5.74) is 0.138. The van der Waals surface area contributed by atoms with Gasteiger partial charge in [-0.15, -0.1) is 0 Å². The first-order valence-electron chi connectivity index (χ1n) is 6.20. The number of aliphatic hydroxyl groups is 2. The number of hydrogen-bond acceptors (Lipinski definition) is 2. The van der Waals surface area contributed by atoms with Gasteiger partial charge >= 0.3 is 0 Å². The van der Waals surface area contributed by atoms with Crippen molar-refractivity contribution in [2.24, 2.45) is 17.3 Å². The SMILES string of the molecule is CC(O)C[C@]1(C)CC[C@@H](C(C)C)[C@H](O)C1. The van der Waals surface area contributed by atoms with Crippen LogP contribution in [0.4, 0.5) is 0 Å². The van der Waals surface area contributed by atoms with E-state index in [2.05, 4.69) is 20.8 Å². The molecule has 1 rings (SSSR count). The molecule has 4 atom stereocenters. The minimum Gasteiger partial charge on any atom is -0.393 e. The summed E-state index contributed by atoms with van der Waals surface area (Å²) >= 11 is 0. The quantitative estimate of drug-likeness (QED) is 0.758. The molecule has 1 fully saturated rings. The summed E-state index contributed by atoms with van der Waals surface area (Å²) in [6.45, 7) is 8.40. The van der Waals surface area contributed by atoms with Crippen LogP contribution >= 0.6 is 0 Å². The fourth-order valence-electron chi connectivity index (χ4n) is 3.14. The molecule has 2 N–H and O–H groups in total. The zero-order valence-electron chi connectivity index (χ0n) is 10.5. The van der Waals surface area contributed by atoms with Crippen LogP contribution in [0.1, 0.15) is 53.4 Å². The summed E-state index contributed by atoms with van der Waals surface area (Å²) in [6, 6.07) is 0. The molecule has 2 nitrogen and oxygen atoms in total. The normalized spacial score (nSPS) is 39.4. The topological polar surface area (TPSA) is 40.5 Å². The molecule has 1 aliphatic carbocycles. The van der Waals surface area contributed by atoms with Crippen molar-refractivity contribution in [3.63, 3.8) is 0 Å². The first kappa shape index (κ1) is 13.0. The van der Waals surface area contributed by atoms with E-state index in [9.17, 15) is 10.2 Å². The van der Waals surface area contributed by atoms with E-state index in [1.54, 1.807) is 0 Å². The molecule has 0 radical (unpaired) electrons. The molecule has 0 aromatic heterocycles. The van der Waals surface area contributed by atoms with Crippen LogP contribution in [0.25, 0.3) is 0 Å². The molecule has 15 heavy (non-hydrogen) atoms. The minimum absolute atomic E-state index is 0.138. The largest absolute Gasteiger partial charge is 0.393 e. The van der Waals surface area contributed by atoms with Crippen molar-refractivity contribution in [2.75, 3.05) is 0 Å². The Morgan fingerprint density at radius 2 is 1.93 bits per heavy atom. The lowest BCUT2D eigenvalue weighted by atomic mass is 9.65. The van der Waals surface area contributed by atoms with Gasteiger partial charge in [0.25, 0.3) is 0 Å². The van der Waals surface area contributed by atoms with Crippen LogP contribution in [-0.4, -0.2) is 22.4 Å². The van der Waals surface area contributed by atoms with Gasteiger partial charge in [0, 0.05) is 0 Å². The van der Waals surface area contributed by atoms with Crippen LogP contribution in [0, 0.1) is 17.3 Å². The maximum Gasteiger partial charge on any atom is 0.0576 e. The van der Waals surface area contributed by atoms with E-state index in [4.69, 9.17) is 0 Å². The highest BCUT2D eigenvalue weighted by molar-refractivity contribution is 4.89. The monoisotopic (exact) mass is 214 g/mol. The fraction of sp³-hybridized carbons (Fsp3) is 1.00. The molecule has 1 unspecified atom stereocenters. The predicted molar refractivity (Wildman–Crippen MR) is 62.6 cm³/mol. The number of aliphatic hydroxyl groups excluding tert-OH is 2. The van der Waals surface area contributed by atoms with E-state index in [0.717, 1.165) is 25.7 Å². The van der Waals surface area contributed by atoms with Gasteiger partial charge in [0.15, 0.2) is 0 Å². The Morgan fingerprint density at radius 3 is 2.33 bits per heavy atom. The summed E-state index contributed by atoms with van der Waals surface area (Å²) in [5.74, 6) is 1.02. The van der Waals surface area contributed by atoms with Crippen molar-refractivity contribution in [3.05, 3.63) is 0 Å². The van der Waals surface area contributed by atoms with Gasteiger partial charge in [-0.2, -0.15) is 0 Å². The van der Waals surface area contributed by atoms with Crippen LogP contribution in [-0.2, 0) is 0 Å². The van der Waals surface area contributed by atoms with E-state index in [1.165, 1.54) is 0 Å². The van der Waals surface area contributed by atoms with Gasteiger partial charge in [-0.1, -0.05) is 20.8 Å². The summed E-state index contributed by atoms with van der Waals surface area (Å²) in [6.07, 6.45) is 3.47. The van der Waals surface area contributed by atoms with Crippen LogP contribution in [0.15, 0.2) is 0 Å². The van der Waals surface area contributed by atoms with Crippen molar-refractivity contribution >= 4 is 0 Å². The third-order valence-electron chi connectivity index (χ3n) is 3.92. The van der Waals surface area contributed by atoms with Gasteiger partial charge in [0.1, 0.15) is 0 Å². The van der Waals surface area contributed by atoms with Crippen LogP contribution in [0.2, 0.25) is 0 Å². The molecule has 0 aromatic rings. The molecule has 1 aliphatic rings. The van der Waals surface area contributed by atoms with Crippen molar-refractivity contribution in [2.45, 2.75) is 65.6 Å². The molecule has 0 aliphatic heterocycles. The fourth-order valence-corrected chi connectivity index (χ4v) is 3.14. The van der Waals surface area contributed by atoms with Crippen molar-refractivity contribution in [1.29, 1.82) is 0 Å². The molecule has 90 valence electrons. The first-order chi connectivity index (χ1) is 6.84. The lowest BCUT2D eigenvalue weighted by Gasteiger charge is -2.42. The second-order valence-corrected chi connectivity index (χ2v) is 6.08. The molecule has 0 aromatic carbocycles. The molecule has 0 saturated heterocycles. The van der Waals surface area contributed by atoms with Crippen LogP contribution in [0.5, 0.6) is 0 Å². The Balaban J connectivity index is 2.56. The standard InChI is InChI=1S/C13H26O2/c1-9(2)11-5-6-13(4,7-10(3)14)8-12(11)15/h9-12,14-15H,5-8H2,1-4H3/t10?,11-,12+,13-/m0/s1. The lowest BCUT2D eigenvalue weighted by molar-refractivity contribution is -0.0266. The summed E-state index contributed by atoms with van der Waals surface area (Å²) < 4.78 is 0. The van der Waals surface area contributed by atoms with Gasteiger partial charge in [-0.25, -0.2) is 0 Å². The van der Waals surface area contributed by atoms with Gasteiger partial charge in [-0.3, -0.25) is 0 Å². The zero-order valence-corrected chi connectivity index (χ0v) is 10.5. The molecule has 0 spiro atoms. The number of hydrogen-bond donors (Lipinski definition) is 2. The Labute approximate surface area is 93.7 Å². The summed E-state index contributed by atoms with van der Waals surface area (Å²) in [7, 11) is 0. The second kappa shape index (κ2) is 4.84. The molecule has 2 heteroatoms. The maximum absolute atomic E-state index is 10.1.